The zero-order chi connectivity index (χ0) is 14.3. The van der Waals surface area contributed by atoms with Crippen LogP contribution in [0.1, 0.15) is 21.6 Å². The smallest absolute Gasteiger partial charge is 0.195 e. The second-order valence-electron chi connectivity index (χ2n) is 4.63. The lowest BCUT2D eigenvalue weighted by Crippen LogP contribution is -2.02. The highest BCUT2D eigenvalue weighted by atomic mass is 79.9. The molecular weight excluding hydrogens is 338 g/mol. The van der Waals surface area contributed by atoms with Crippen LogP contribution in [0.5, 0.6) is 0 Å². The number of aromatic amines is 1. The molecule has 0 bridgehead atoms. The Hall–Kier alpha value is -1.58. The molecule has 0 spiro atoms. The van der Waals surface area contributed by atoms with Crippen molar-refractivity contribution < 1.29 is 4.79 Å². The van der Waals surface area contributed by atoms with Crippen molar-refractivity contribution in [2.24, 2.45) is 0 Å². The molecule has 3 aromatic rings. The van der Waals surface area contributed by atoms with Crippen LogP contribution in [0.25, 0.3) is 10.9 Å². The number of para-hydroxylation sites is 1. The summed E-state index contributed by atoms with van der Waals surface area (Å²) >= 11 is 9.33. The summed E-state index contributed by atoms with van der Waals surface area (Å²) in [5, 5.41) is 1.54. The van der Waals surface area contributed by atoms with Crippen LogP contribution in [0, 0.1) is 6.92 Å². The zero-order valence-corrected chi connectivity index (χ0v) is 13.0. The van der Waals surface area contributed by atoms with Crippen LogP contribution >= 0.6 is 27.5 Å². The van der Waals surface area contributed by atoms with Gasteiger partial charge < -0.3 is 4.98 Å². The molecule has 4 heteroatoms. The van der Waals surface area contributed by atoms with E-state index in [1.807, 2.05) is 31.2 Å². The third kappa shape index (κ3) is 2.17. The molecule has 0 aliphatic carbocycles. The van der Waals surface area contributed by atoms with Crippen LogP contribution in [0.15, 0.2) is 46.9 Å². The van der Waals surface area contributed by atoms with Crippen molar-refractivity contribution in [2.45, 2.75) is 6.92 Å². The van der Waals surface area contributed by atoms with Crippen molar-refractivity contribution in [3.8, 4) is 0 Å². The van der Waals surface area contributed by atoms with Crippen LogP contribution in [-0.2, 0) is 0 Å². The molecule has 1 N–H and O–H groups in total. The third-order valence-electron chi connectivity index (χ3n) is 3.30. The number of carbonyl (C=O) groups excluding carboxylic acids is 1. The molecule has 0 aliphatic rings. The Labute approximate surface area is 129 Å². The maximum absolute atomic E-state index is 12.7. The number of benzene rings is 2. The second kappa shape index (κ2) is 5.08. The molecule has 0 radical (unpaired) electrons. The maximum Gasteiger partial charge on any atom is 0.195 e. The minimum Gasteiger partial charge on any atom is -0.358 e. The number of hydrogen-bond donors (Lipinski definition) is 1. The van der Waals surface area contributed by atoms with Crippen LogP contribution in [0.4, 0.5) is 0 Å². The molecule has 0 aliphatic heterocycles. The fourth-order valence-electron chi connectivity index (χ4n) is 2.35. The third-order valence-corrected chi connectivity index (χ3v) is 4.52. The van der Waals surface area contributed by atoms with E-state index in [1.165, 1.54) is 0 Å². The van der Waals surface area contributed by atoms with E-state index < -0.39 is 0 Å². The highest BCUT2D eigenvalue weighted by Gasteiger charge is 2.18. The molecule has 2 nitrogen and oxygen atoms in total. The number of halogens is 2. The van der Waals surface area contributed by atoms with Gasteiger partial charge in [0.15, 0.2) is 5.78 Å². The summed E-state index contributed by atoms with van der Waals surface area (Å²) in [4.78, 5) is 16.0. The minimum atomic E-state index is -0.00248. The number of carbonyl (C=O) groups is 1. The standard InChI is InChI=1S/C16H11BrClNO/c1-9-15(11-4-2-3-5-14(11)19-9)16(20)10-6-7-13(18)12(17)8-10/h2-8,19H,1H3. The second-order valence-corrected chi connectivity index (χ2v) is 5.89. The number of rotatable bonds is 2. The summed E-state index contributed by atoms with van der Waals surface area (Å²) in [6.45, 7) is 1.91. The first-order chi connectivity index (χ1) is 9.58. The first-order valence-corrected chi connectivity index (χ1v) is 7.32. The van der Waals surface area contributed by atoms with E-state index in [0.29, 0.717) is 10.6 Å². The van der Waals surface area contributed by atoms with E-state index in [-0.39, 0.29) is 5.78 Å². The Bertz CT molecular complexity index is 822. The maximum atomic E-state index is 12.7. The number of ketones is 1. The summed E-state index contributed by atoms with van der Waals surface area (Å²) in [7, 11) is 0. The van der Waals surface area contributed by atoms with Crippen LogP contribution in [0.2, 0.25) is 5.02 Å². The molecule has 0 atom stereocenters. The van der Waals surface area contributed by atoms with Gasteiger partial charge in [-0.25, -0.2) is 0 Å². The Kier molecular flexibility index (Phi) is 3.40. The molecule has 100 valence electrons. The van der Waals surface area contributed by atoms with Gasteiger partial charge in [-0.05, 0) is 47.1 Å². The molecule has 20 heavy (non-hydrogen) atoms. The lowest BCUT2D eigenvalue weighted by molar-refractivity contribution is 0.103. The van der Waals surface area contributed by atoms with E-state index in [2.05, 4.69) is 20.9 Å². The first kappa shape index (κ1) is 13.4. The van der Waals surface area contributed by atoms with E-state index in [9.17, 15) is 4.79 Å². The number of aromatic nitrogens is 1. The summed E-state index contributed by atoms with van der Waals surface area (Å²) in [6, 6.07) is 13.0. The summed E-state index contributed by atoms with van der Waals surface area (Å²) < 4.78 is 0.725. The Morgan fingerprint density at radius 1 is 1.20 bits per heavy atom. The van der Waals surface area contributed by atoms with Crippen LogP contribution < -0.4 is 0 Å². The topological polar surface area (TPSA) is 32.9 Å². The SMILES string of the molecule is Cc1[nH]c2ccccc2c1C(=O)c1ccc(Cl)c(Br)c1. The predicted octanol–water partition coefficient (Wildman–Crippen LogP) is 5.12. The van der Waals surface area contributed by atoms with Crippen LogP contribution in [-0.4, -0.2) is 10.8 Å². The number of fused-ring (bicyclic) bond motifs is 1. The number of nitrogens with one attached hydrogen (secondary N) is 1. The molecule has 0 saturated heterocycles. The fourth-order valence-corrected chi connectivity index (χ4v) is 2.85. The summed E-state index contributed by atoms with van der Waals surface area (Å²) in [6.07, 6.45) is 0. The molecule has 0 amide bonds. The van der Waals surface area contributed by atoms with Gasteiger partial charge in [0.2, 0.25) is 0 Å². The van der Waals surface area contributed by atoms with Gasteiger partial charge in [0.25, 0.3) is 0 Å². The van der Waals surface area contributed by atoms with Crippen LogP contribution in [0.3, 0.4) is 0 Å². The van der Waals surface area contributed by atoms with Gasteiger partial charge in [0, 0.05) is 26.6 Å². The quantitative estimate of drug-likeness (QED) is 0.640. The van der Waals surface area contributed by atoms with Gasteiger partial charge in [0.1, 0.15) is 0 Å². The van der Waals surface area contributed by atoms with E-state index >= 15 is 0 Å². The van der Waals surface area contributed by atoms with E-state index in [1.54, 1.807) is 18.2 Å². The molecule has 2 aromatic carbocycles. The number of aryl methyl sites for hydroxylation is 1. The van der Waals surface area contributed by atoms with E-state index in [4.69, 9.17) is 11.6 Å². The molecular formula is C16H11BrClNO. The van der Waals surface area contributed by atoms with Gasteiger partial charge in [-0.1, -0.05) is 29.8 Å². The first-order valence-electron chi connectivity index (χ1n) is 6.15. The van der Waals surface area contributed by atoms with Gasteiger partial charge in [-0.3, -0.25) is 4.79 Å². The Morgan fingerprint density at radius 3 is 2.70 bits per heavy atom. The van der Waals surface area contributed by atoms with Gasteiger partial charge >= 0.3 is 0 Å². The van der Waals surface area contributed by atoms with Gasteiger partial charge in [-0.15, -0.1) is 0 Å². The fraction of sp³-hybridized carbons (Fsp3) is 0.0625. The van der Waals surface area contributed by atoms with E-state index in [0.717, 1.165) is 26.6 Å². The predicted molar refractivity (Wildman–Crippen MR) is 85.6 cm³/mol. The molecule has 1 heterocycles. The van der Waals surface area contributed by atoms with Crippen molar-refractivity contribution in [3.05, 3.63) is 68.8 Å². The molecule has 0 unspecified atom stereocenters. The molecule has 1 aromatic heterocycles. The molecule has 3 rings (SSSR count). The molecule has 0 saturated carbocycles. The summed E-state index contributed by atoms with van der Waals surface area (Å²) in [5.74, 6) is -0.00248. The largest absolute Gasteiger partial charge is 0.358 e. The molecule has 0 fully saturated rings. The minimum absolute atomic E-state index is 0.00248. The monoisotopic (exact) mass is 347 g/mol. The average molecular weight is 349 g/mol. The number of hydrogen-bond acceptors (Lipinski definition) is 1. The Balaban J connectivity index is 2.17. The average Bonchev–Trinajstić information content (AvgIpc) is 2.77. The van der Waals surface area contributed by atoms with Crippen molar-refractivity contribution in [1.29, 1.82) is 0 Å². The lowest BCUT2D eigenvalue weighted by atomic mass is 10.0. The highest BCUT2D eigenvalue weighted by molar-refractivity contribution is 9.10. The highest BCUT2D eigenvalue weighted by Crippen LogP contribution is 2.28. The summed E-state index contributed by atoms with van der Waals surface area (Å²) in [5.41, 5.74) is 3.19. The Morgan fingerprint density at radius 2 is 1.95 bits per heavy atom. The van der Waals surface area contributed by atoms with Crippen molar-refractivity contribution in [2.75, 3.05) is 0 Å². The normalized spacial score (nSPS) is 10.9. The zero-order valence-electron chi connectivity index (χ0n) is 10.7. The van der Waals surface area contributed by atoms with Crippen molar-refractivity contribution in [3.63, 3.8) is 0 Å². The van der Waals surface area contributed by atoms with Gasteiger partial charge in [0.05, 0.1) is 10.6 Å². The van der Waals surface area contributed by atoms with Crippen molar-refractivity contribution >= 4 is 44.2 Å². The number of H-pyrrole nitrogens is 1. The lowest BCUT2D eigenvalue weighted by Gasteiger charge is -2.03. The van der Waals surface area contributed by atoms with Gasteiger partial charge in [-0.2, -0.15) is 0 Å². The van der Waals surface area contributed by atoms with Crippen molar-refractivity contribution in [1.82, 2.24) is 4.98 Å².